The van der Waals surface area contributed by atoms with Gasteiger partial charge in [-0.25, -0.2) is 4.79 Å². The molecule has 2 N–H and O–H groups in total. The number of nitrogens with zero attached hydrogens (tertiary/aromatic N) is 1. The minimum Gasteiger partial charge on any atom is -0.481 e. The smallest absolute Gasteiger partial charge is 0.341 e. The monoisotopic (exact) mass is 528 g/mol. The molecular weight excluding hydrogens is 519 g/mol. The van der Waals surface area contributed by atoms with Crippen LogP contribution in [0.25, 0.3) is 6.08 Å². The van der Waals surface area contributed by atoms with Gasteiger partial charge in [0.15, 0.2) is 11.7 Å². The van der Waals surface area contributed by atoms with Gasteiger partial charge in [-0.2, -0.15) is 0 Å². The molecule has 154 valence electrons. The van der Waals surface area contributed by atoms with Gasteiger partial charge in [0, 0.05) is 10.0 Å². The third-order valence-corrected chi connectivity index (χ3v) is 5.48. The number of benzene rings is 2. The normalized spacial score (nSPS) is 15.4. The molecule has 2 amide bonds. The molecule has 2 aromatic carbocycles. The van der Waals surface area contributed by atoms with Gasteiger partial charge in [-0.1, -0.05) is 45.2 Å². The fourth-order valence-electron chi connectivity index (χ4n) is 2.60. The summed E-state index contributed by atoms with van der Waals surface area (Å²) in [5.41, 5.74) is 0.272. The number of rotatable bonds is 5. The number of hydrogen-bond acceptors (Lipinski definition) is 5. The van der Waals surface area contributed by atoms with E-state index < -0.39 is 24.4 Å². The van der Waals surface area contributed by atoms with Gasteiger partial charge in [-0.05, 0) is 48.6 Å². The minimum absolute atomic E-state index is 0.0956. The molecule has 7 nitrogen and oxygen atoms in total. The largest absolute Gasteiger partial charge is 0.481 e. The van der Waals surface area contributed by atoms with Crippen molar-refractivity contribution in [1.82, 2.24) is 5.32 Å². The molecule has 1 aliphatic heterocycles. The highest BCUT2D eigenvalue weighted by molar-refractivity contribution is 9.10. The Morgan fingerprint density at radius 3 is 2.70 bits per heavy atom. The Balaban J connectivity index is 2.06. The molecule has 1 saturated heterocycles. The number of ether oxygens (including phenoxy) is 1. The van der Waals surface area contributed by atoms with E-state index >= 15 is 0 Å². The third-order valence-electron chi connectivity index (χ3n) is 3.90. The molecule has 0 spiro atoms. The molecule has 2 aromatic rings. The second-order valence-corrected chi connectivity index (χ2v) is 7.98. The first-order chi connectivity index (χ1) is 14.2. The van der Waals surface area contributed by atoms with Crippen molar-refractivity contribution >= 4 is 86.0 Å². The summed E-state index contributed by atoms with van der Waals surface area (Å²) < 4.78 is 5.88. The topological polar surface area (TPSA) is 95.9 Å². The number of nitrogens with one attached hydrogen (secondary N) is 1. The number of hydrogen-bond donors (Lipinski definition) is 2. The fourth-order valence-corrected chi connectivity index (χ4v) is 3.63. The Labute approximate surface area is 194 Å². The second-order valence-electron chi connectivity index (χ2n) is 5.90. The zero-order chi connectivity index (χ0) is 22.0. The summed E-state index contributed by atoms with van der Waals surface area (Å²) in [7, 11) is 0. The fraction of sp³-hybridized carbons (Fsp3) is 0.0526. The Hall–Kier alpha value is -2.46. The predicted octanol–water partition coefficient (Wildman–Crippen LogP) is 4.05. The molecule has 0 unspecified atom stereocenters. The van der Waals surface area contributed by atoms with E-state index in [4.69, 9.17) is 45.3 Å². The van der Waals surface area contributed by atoms with Crippen molar-refractivity contribution in [3.05, 3.63) is 62.1 Å². The highest BCUT2D eigenvalue weighted by Gasteiger charge is 2.36. The number of amides is 2. The van der Waals surface area contributed by atoms with Crippen LogP contribution in [-0.4, -0.2) is 34.6 Å². The van der Waals surface area contributed by atoms with Gasteiger partial charge in [-0.3, -0.25) is 19.8 Å². The molecule has 0 aliphatic carbocycles. The molecule has 30 heavy (non-hydrogen) atoms. The first-order valence-electron chi connectivity index (χ1n) is 8.18. The number of carboxylic acids is 1. The number of carboxylic acid groups (broad SMARTS) is 1. The Morgan fingerprint density at radius 1 is 1.27 bits per heavy atom. The minimum atomic E-state index is -1.17. The van der Waals surface area contributed by atoms with Gasteiger partial charge in [-0.15, -0.1) is 0 Å². The molecule has 0 aromatic heterocycles. The van der Waals surface area contributed by atoms with Crippen LogP contribution >= 0.6 is 51.3 Å². The van der Waals surface area contributed by atoms with Crippen LogP contribution in [0.4, 0.5) is 5.69 Å². The molecule has 3 rings (SSSR count). The van der Waals surface area contributed by atoms with Crippen LogP contribution in [-0.2, 0) is 14.4 Å². The molecule has 1 heterocycles. The van der Waals surface area contributed by atoms with E-state index in [9.17, 15) is 14.4 Å². The van der Waals surface area contributed by atoms with Crippen molar-refractivity contribution in [3.8, 4) is 5.75 Å². The van der Waals surface area contributed by atoms with Crippen molar-refractivity contribution in [2.24, 2.45) is 0 Å². The summed E-state index contributed by atoms with van der Waals surface area (Å²) in [6.45, 7) is -0.591. The highest BCUT2D eigenvalue weighted by Crippen LogP contribution is 2.35. The van der Waals surface area contributed by atoms with Crippen LogP contribution in [0.3, 0.4) is 0 Å². The lowest BCUT2D eigenvalue weighted by atomic mass is 10.1. The van der Waals surface area contributed by atoms with E-state index in [1.165, 1.54) is 18.2 Å². The van der Waals surface area contributed by atoms with Gasteiger partial charge in [0.1, 0.15) is 11.3 Å². The molecule has 0 bridgehead atoms. The zero-order valence-electron chi connectivity index (χ0n) is 14.8. The number of carbonyl (C=O) groups is 3. The van der Waals surface area contributed by atoms with E-state index in [-0.39, 0.29) is 32.2 Å². The lowest BCUT2D eigenvalue weighted by Crippen LogP contribution is -2.54. The standard InChI is InChI=1S/C19H11BrCl2N2O5S/c20-10-4-5-14(29-8-15(25)26)9(6-10)7-11-17(27)23-19(30)24(18(11)28)13-3-1-2-12(21)16(13)22/h1-7H,8H2,(H,25,26)(H,23,27,30)/b11-7+. The molecule has 0 atom stereocenters. The highest BCUT2D eigenvalue weighted by atomic mass is 79.9. The summed E-state index contributed by atoms with van der Waals surface area (Å²) in [6, 6.07) is 9.40. The molecule has 1 fully saturated rings. The summed E-state index contributed by atoms with van der Waals surface area (Å²) in [5, 5.41) is 11.4. The summed E-state index contributed by atoms with van der Waals surface area (Å²) in [4.78, 5) is 37.5. The number of aliphatic carboxylic acids is 1. The lowest BCUT2D eigenvalue weighted by molar-refractivity contribution is -0.139. The number of halogens is 3. The average molecular weight is 530 g/mol. The lowest BCUT2D eigenvalue weighted by Gasteiger charge is -2.29. The number of carbonyl (C=O) groups excluding carboxylic acids is 2. The van der Waals surface area contributed by atoms with E-state index in [2.05, 4.69) is 21.2 Å². The van der Waals surface area contributed by atoms with Gasteiger partial charge >= 0.3 is 5.97 Å². The van der Waals surface area contributed by atoms with Crippen LogP contribution in [0.1, 0.15) is 5.56 Å². The Morgan fingerprint density at radius 2 is 2.00 bits per heavy atom. The predicted molar refractivity (Wildman–Crippen MR) is 120 cm³/mol. The van der Waals surface area contributed by atoms with Crippen LogP contribution in [0.5, 0.6) is 5.75 Å². The molecule has 1 aliphatic rings. The Kier molecular flexibility index (Phi) is 6.77. The van der Waals surface area contributed by atoms with Gasteiger partial charge < -0.3 is 9.84 Å². The van der Waals surface area contributed by atoms with Crippen LogP contribution in [0.15, 0.2) is 46.4 Å². The number of anilines is 1. The molecule has 11 heteroatoms. The van der Waals surface area contributed by atoms with Crippen LogP contribution in [0.2, 0.25) is 10.0 Å². The van der Waals surface area contributed by atoms with E-state index in [0.717, 1.165) is 4.90 Å². The average Bonchev–Trinajstić information content (AvgIpc) is 2.67. The molecule has 0 radical (unpaired) electrons. The maximum Gasteiger partial charge on any atom is 0.341 e. The summed E-state index contributed by atoms with van der Waals surface area (Å²) in [5.74, 6) is -2.44. The van der Waals surface area contributed by atoms with Crippen molar-refractivity contribution < 1.29 is 24.2 Å². The van der Waals surface area contributed by atoms with Crippen molar-refractivity contribution in [2.45, 2.75) is 0 Å². The Bertz CT molecular complexity index is 1120. The van der Waals surface area contributed by atoms with E-state index in [0.29, 0.717) is 10.0 Å². The summed E-state index contributed by atoms with van der Waals surface area (Å²) >= 11 is 20.7. The van der Waals surface area contributed by atoms with E-state index in [1.54, 1.807) is 24.3 Å². The maximum atomic E-state index is 13.1. The number of thiocarbonyl (C=S) groups is 1. The first kappa shape index (κ1) is 22.2. The van der Waals surface area contributed by atoms with Crippen molar-refractivity contribution in [2.75, 3.05) is 11.5 Å². The second kappa shape index (κ2) is 9.13. The zero-order valence-corrected chi connectivity index (χ0v) is 18.7. The quantitative estimate of drug-likeness (QED) is 0.344. The molecule has 0 saturated carbocycles. The third kappa shape index (κ3) is 4.65. The molecular formula is C19H11BrCl2N2O5S. The van der Waals surface area contributed by atoms with Crippen molar-refractivity contribution in [1.29, 1.82) is 0 Å². The van der Waals surface area contributed by atoms with Gasteiger partial charge in [0.2, 0.25) is 0 Å². The van der Waals surface area contributed by atoms with Crippen LogP contribution in [0, 0.1) is 0 Å². The van der Waals surface area contributed by atoms with Gasteiger partial charge in [0.25, 0.3) is 11.8 Å². The van der Waals surface area contributed by atoms with Crippen molar-refractivity contribution in [3.63, 3.8) is 0 Å². The van der Waals surface area contributed by atoms with Crippen LogP contribution < -0.4 is 15.0 Å². The summed E-state index contributed by atoms with van der Waals surface area (Å²) in [6.07, 6.45) is 1.28. The first-order valence-corrected chi connectivity index (χ1v) is 10.1. The SMILES string of the molecule is O=C(O)COc1ccc(Br)cc1/C=C1\C(=O)NC(=S)N(c2cccc(Cl)c2Cl)C1=O. The maximum absolute atomic E-state index is 13.1. The van der Waals surface area contributed by atoms with E-state index in [1.807, 2.05) is 0 Å². The van der Waals surface area contributed by atoms with Gasteiger partial charge in [0.05, 0.1) is 15.7 Å².